The first kappa shape index (κ1) is 13.2. The highest BCUT2D eigenvalue weighted by atomic mass is 16.4. The lowest BCUT2D eigenvalue weighted by atomic mass is 9.94. The molecule has 2 aliphatic carbocycles. The van der Waals surface area contributed by atoms with E-state index >= 15 is 0 Å². The third kappa shape index (κ3) is 2.30. The average molecular weight is 273 g/mol. The molecular formula is C16H19NO3. The molecule has 0 spiro atoms. The van der Waals surface area contributed by atoms with Crippen molar-refractivity contribution in [2.24, 2.45) is 5.92 Å². The lowest BCUT2D eigenvalue weighted by Crippen LogP contribution is -2.40. The monoisotopic (exact) mass is 273 g/mol. The van der Waals surface area contributed by atoms with Crippen LogP contribution in [-0.4, -0.2) is 23.0 Å². The predicted molar refractivity (Wildman–Crippen MR) is 74.3 cm³/mol. The molecule has 4 heteroatoms. The van der Waals surface area contributed by atoms with Crippen LogP contribution in [0.25, 0.3) is 0 Å². The first-order valence-corrected chi connectivity index (χ1v) is 7.21. The summed E-state index contributed by atoms with van der Waals surface area (Å²) in [6, 6.07) is 9.89. The van der Waals surface area contributed by atoms with E-state index in [9.17, 15) is 9.59 Å². The Bertz CT molecular complexity index is 522. The molecule has 2 fully saturated rings. The fourth-order valence-corrected chi connectivity index (χ4v) is 3.19. The normalized spacial score (nSPS) is 27.0. The number of carbonyl (C=O) groups is 2. The van der Waals surface area contributed by atoms with Crippen molar-refractivity contribution >= 4 is 11.9 Å². The molecule has 0 saturated heterocycles. The zero-order valence-electron chi connectivity index (χ0n) is 11.3. The number of hydrogen-bond acceptors (Lipinski definition) is 2. The van der Waals surface area contributed by atoms with E-state index in [4.69, 9.17) is 5.11 Å². The van der Waals surface area contributed by atoms with Crippen LogP contribution in [0.1, 0.15) is 37.7 Å². The second kappa shape index (κ2) is 4.93. The molecule has 1 aromatic carbocycles. The summed E-state index contributed by atoms with van der Waals surface area (Å²) in [6.45, 7) is 0. The SMILES string of the molecule is O=C(O)[C@@H]1CC[C@H](NC(=O)C2(c3ccccc3)CC2)C1. The largest absolute Gasteiger partial charge is 0.481 e. The summed E-state index contributed by atoms with van der Waals surface area (Å²) >= 11 is 0. The highest BCUT2D eigenvalue weighted by molar-refractivity contribution is 5.91. The number of amides is 1. The Labute approximate surface area is 118 Å². The molecule has 2 atom stereocenters. The lowest BCUT2D eigenvalue weighted by molar-refractivity contribution is -0.141. The summed E-state index contributed by atoms with van der Waals surface area (Å²) in [4.78, 5) is 23.5. The van der Waals surface area contributed by atoms with Crippen LogP contribution in [0.2, 0.25) is 0 Å². The third-order valence-electron chi connectivity index (χ3n) is 4.63. The number of carboxylic acid groups (broad SMARTS) is 1. The number of hydrogen-bond donors (Lipinski definition) is 2. The Hall–Kier alpha value is -1.84. The molecule has 0 bridgehead atoms. The Balaban J connectivity index is 1.65. The molecule has 1 amide bonds. The van der Waals surface area contributed by atoms with Gasteiger partial charge in [0.15, 0.2) is 0 Å². The lowest BCUT2D eigenvalue weighted by Gasteiger charge is -2.19. The van der Waals surface area contributed by atoms with Crippen LogP contribution in [0.3, 0.4) is 0 Å². The minimum atomic E-state index is -0.744. The highest BCUT2D eigenvalue weighted by Gasteiger charge is 2.51. The molecule has 0 radical (unpaired) electrons. The van der Waals surface area contributed by atoms with E-state index in [-0.39, 0.29) is 23.3 Å². The molecule has 20 heavy (non-hydrogen) atoms. The number of nitrogens with one attached hydrogen (secondary N) is 1. The Morgan fingerprint density at radius 2 is 1.85 bits per heavy atom. The molecule has 2 aliphatic rings. The van der Waals surface area contributed by atoms with Gasteiger partial charge in [-0.3, -0.25) is 9.59 Å². The number of carbonyl (C=O) groups excluding carboxylic acids is 1. The summed E-state index contributed by atoms with van der Waals surface area (Å²) in [5, 5.41) is 12.1. The number of carboxylic acids is 1. The summed E-state index contributed by atoms with van der Waals surface area (Å²) < 4.78 is 0. The standard InChI is InChI=1S/C16H19NO3/c18-14(19)11-6-7-13(10-11)17-15(20)16(8-9-16)12-4-2-1-3-5-12/h1-5,11,13H,6-10H2,(H,17,20)(H,18,19)/t11-,13+/m1/s1. The number of rotatable bonds is 4. The van der Waals surface area contributed by atoms with Crippen molar-refractivity contribution < 1.29 is 14.7 Å². The van der Waals surface area contributed by atoms with Gasteiger partial charge in [0.2, 0.25) is 5.91 Å². The molecular weight excluding hydrogens is 254 g/mol. The molecule has 0 heterocycles. The van der Waals surface area contributed by atoms with E-state index in [1.807, 2.05) is 30.3 Å². The van der Waals surface area contributed by atoms with Gasteiger partial charge in [-0.2, -0.15) is 0 Å². The van der Waals surface area contributed by atoms with Gasteiger partial charge >= 0.3 is 5.97 Å². The van der Waals surface area contributed by atoms with Gasteiger partial charge in [-0.1, -0.05) is 30.3 Å². The van der Waals surface area contributed by atoms with E-state index in [0.29, 0.717) is 12.8 Å². The zero-order valence-corrected chi connectivity index (χ0v) is 11.3. The summed E-state index contributed by atoms with van der Waals surface area (Å²) in [7, 11) is 0. The molecule has 3 rings (SSSR count). The van der Waals surface area contributed by atoms with Gasteiger partial charge < -0.3 is 10.4 Å². The Morgan fingerprint density at radius 3 is 2.40 bits per heavy atom. The first-order valence-electron chi connectivity index (χ1n) is 7.21. The molecule has 1 aromatic rings. The van der Waals surface area contributed by atoms with Crippen molar-refractivity contribution in [3.63, 3.8) is 0 Å². The van der Waals surface area contributed by atoms with E-state index < -0.39 is 5.97 Å². The topological polar surface area (TPSA) is 66.4 Å². The van der Waals surface area contributed by atoms with E-state index in [1.165, 1.54) is 0 Å². The van der Waals surface area contributed by atoms with Crippen molar-refractivity contribution in [1.82, 2.24) is 5.32 Å². The highest BCUT2D eigenvalue weighted by Crippen LogP contribution is 2.48. The summed E-state index contributed by atoms with van der Waals surface area (Å²) in [6.07, 6.45) is 3.77. The minimum absolute atomic E-state index is 0.0183. The molecule has 106 valence electrons. The average Bonchev–Trinajstić information content (AvgIpc) is 3.14. The van der Waals surface area contributed by atoms with Crippen LogP contribution in [0.4, 0.5) is 0 Å². The maximum absolute atomic E-state index is 12.5. The van der Waals surface area contributed by atoms with E-state index in [1.54, 1.807) is 0 Å². The van der Waals surface area contributed by atoms with Crippen LogP contribution in [-0.2, 0) is 15.0 Å². The summed E-state index contributed by atoms with van der Waals surface area (Å²) in [5.74, 6) is -0.974. The van der Waals surface area contributed by atoms with Crippen molar-refractivity contribution in [2.75, 3.05) is 0 Å². The van der Waals surface area contributed by atoms with Gasteiger partial charge in [0, 0.05) is 6.04 Å². The third-order valence-corrected chi connectivity index (χ3v) is 4.63. The maximum Gasteiger partial charge on any atom is 0.306 e. The Kier molecular flexibility index (Phi) is 3.24. The first-order chi connectivity index (χ1) is 9.62. The molecule has 2 N–H and O–H groups in total. The van der Waals surface area contributed by atoms with Crippen molar-refractivity contribution in [2.45, 2.75) is 43.6 Å². The second-order valence-electron chi connectivity index (χ2n) is 5.97. The van der Waals surface area contributed by atoms with E-state index in [0.717, 1.165) is 24.8 Å². The fraction of sp³-hybridized carbons (Fsp3) is 0.500. The van der Waals surface area contributed by atoms with Gasteiger partial charge in [-0.25, -0.2) is 0 Å². The predicted octanol–water partition coefficient (Wildman–Crippen LogP) is 2.09. The van der Waals surface area contributed by atoms with Gasteiger partial charge in [0.05, 0.1) is 11.3 Å². The molecule has 2 saturated carbocycles. The quantitative estimate of drug-likeness (QED) is 0.882. The maximum atomic E-state index is 12.5. The molecule has 0 unspecified atom stereocenters. The number of aliphatic carboxylic acids is 1. The van der Waals surface area contributed by atoms with Crippen molar-refractivity contribution in [3.8, 4) is 0 Å². The van der Waals surface area contributed by atoms with Crippen LogP contribution in [0.15, 0.2) is 30.3 Å². The number of benzene rings is 1. The minimum Gasteiger partial charge on any atom is -0.481 e. The molecule has 4 nitrogen and oxygen atoms in total. The zero-order chi connectivity index (χ0) is 14.2. The molecule has 0 aliphatic heterocycles. The fourth-order valence-electron chi connectivity index (χ4n) is 3.19. The van der Waals surface area contributed by atoms with Gasteiger partial charge in [-0.15, -0.1) is 0 Å². The van der Waals surface area contributed by atoms with Crippen molar-refractivity contribution in [3.05, 3.63) is 35.9 Å². The van der Waals surface area contributed by atoms with Crippen LogP contribution in [0.5, 0.6) is 0 Å². The van der Waals surface area contributed by atoms with Crippen LogP contribution in [0, 0.1) is 5.92 Å². The Morgan fingerprint density at radius 1 is 1.15 bits per heavy atom. The van der Waals surface area contributed by atoms with E-state index in [2.05, 4.69) is 5.32 Å². The van der Waals surface area contributed by atoms with Crippen LogP contribution < -0.4 is 5.32 Å². The van der Waals surface area contributed by atoms with Crippen molar-refractivity contribution in [1.29, 1.82) is 0 Å². The van der Waals surface area contributed by atoms with Gasteiger partial charge in [0.1, 0.15) is 0 Å². The van der Waals surface area contributed by atoms with Crippen LogP contribution >= 0.6 is 0 Å². The smallest absolute Gasteiger partial charge is 0.306 e. The summed E-state index contributed by atoms with van der Waals surface area (Å²) in [5.41, 5.74) is 0.716. The van der Waals surface area contributed by atoms with Gasteiger partial charge in [0.25, 0.3) is 0 Å². The second-order valence-corrected chi connectivity index (χ2v) is 5.97. The molecule has 0 aromatic heterocycles. The van der Waals surface area contributed by atoms with Gasteiger partial charge in [-0.05, 0) is 37.7 Å².